The molecule has 0 radical (unpaired) electrons. The summed E-state index contributed by atoms with van der Waals surface area (Å²) in [6.45, 7) is 12.4. The normalized spacial score (nSPS) is 12.0. The smallest absolute Gasteiger partial charge is 0.328 e. The third kappa shape index (κ3) is 48.8. The van der Waals surface area contributed by atoms with Gasteiger partial charge in [-0.25, -0.2) is 9.59 Å². The minimum atomic E-state index is -1.17. The van der Waals surface area contributed by atoms with Crippen molar-refractivity contribution < 1.29 is 48.5 Å². The van der Waals surface area contributed by atoms with Crippen molar-refractivity contribution in [3.05, 3.63) is 0 Å². The highest BCUT2D eigenvalue weighted by Gasteiger charge is 2.24. The molecule has 0 aromatic carbocycles. The van der Waals surface area contributed by atoms with Crippen LogP contribution < -0.4 is 39.3 Å². The Morgan fingerprint density at radius 1 is 0.485 bits per heavy atom. The second-order valence-corrected chi connectivity index (χ2v) is 17.1. The molecule has 0 spiro atoms. The molecule has 0 aromatic rings. The Morgan fingerprint density at radius 3 is 1.08 bits per heavy atom. The van der Waals surface area contributed by atoms with Gasteiger partial charge in [0, 0.05) is 32.4 Å². The Hall–Kier alpha value is -4.68. The second kappa shape index (κ2) is 45.5. The van der Waals surface area contributed by atoms with Crippen LogP contribution >= 0.6 is 0 Å². The zero-order chi connectivity index (χ0) is 50.5. The molecule has 0 fully saturated rings. The molecule has 0 saturated carbocycles. The number of ether oxygens (including phenoxy) is 2. The highest BCUT2D eigenvalue weighted by atomic mass is 16.5. The first kappa shape index (κ1) is 65.6. The lowest BCUT2D eigenvalue weighted by molar-refractivity contribution is -0.152. The average Bonchev–Trinajstić information content (AvgIpc) is 3.23. The molecule has 0 saturated heterocycles. The molecule has 19 heteroatoms. The first-order valence-corrected chi connectivity index (χ1v) is 24.6. The van der Waals surface area contributed by atoms with E-state index < -0.39 is 42.0 Å². The van der Waals surface area contributed by atoms with Crippen LogP contribution in [0.5, 0.6) is 0 Å². The van der Waals surface area contributed by atoms with Crippen LogP contribution in [0.25, 0.3) is 0 Å². The summed E-state index contributed by atoms with van der Waals surface area (Å²) in [4.78, 5) is 76.5. The average molecular weight is 944 g/mol. The van der Waals surface area contributed by atoms with Gasteiger partial charge >= 0.3 is 23.9 Å². The van der Waals surface area contributed by atoms with Gasteiger partial charge in [0.1, 0.15) is 18.1 Å². The molecule has 0 unspecified atom stereocenters. The van der Waals surface area contributed by atoms with Crippen LogP contribution in [0.1, 0.15) is 208 Å². The predicted molar refractivity (Wildman–Crippen MR) is 262 cm³/mol. The molecular formula is C47H93N9O10. The van der Waals surface area contributed by atoms with Gasteiger partial charge < -0.3 is 59.0 Å². The number of rotatable bonds is 38. The number of nitrogens with one attached hydrogen (secondary N) is 2. The minimum absolute atomic E-state index is 0.0231. The van der Waals surface area contributed by atoms with E-state index in [9.17, 15) is 28.8 Å². The number of hydrogen-bond donors (Lipinski definition) is 9. The maximum atomic E-state index is 12.2. The predicted octanol–water partition coefficient (Wildman–Crippen LogP) is 6.06. The Kier molecular flexibility index (Phi) is 45.2. The summed E-state index contributed by atoms with van der Waals surface area (Å²) in [5.74, 6) is -3.16. The Bertz CT molecular complexity index is 1260. The van der Waals surface area contributed by atoms with E-state index in [-0.39, 0.29) is 48.8 Å². The molecule has 14 N–H and O–H groups in total. The first-order valence-electron chi connectivity index (χ1n) is 24.6. The fourth-order valence-electron chi connectivity index (χ4n) is 6.26. The summed E-state index contributed by atoms with van der Waals surface area (Å²) in [6, 6.07) is -2.36. The largest absolute Gasteiger partial charge is 0.481 e. The topological polar surface area (TPSA) is 340 Å². The van der Waals surface area contributed by atoms with Gasteiger partial charge in [-0.1, -0.05) is 117 Å². The fourth-order valence-corrected chi connectivity index (χ4v) is 6.26. The fraction of sp³-hybridized carbons (Fsp3) is 0.830. The molecule has 0 heterocycles. The van der Waals surface area contributed by atoms with Gasteiger partial charge in [-0.15, -0.1) is 0 Å². The van der Waals surface area contributed by atoms with Crippen molar-refractivity contribution in [3.63, 3.8) is 0 Å². The number of carbonyl (C=O) groups excluding carboxylic acids is 4. The molecule has 3 atom stereocenters. The number of hydrogen-bond acceptors (Lipinski definition) is 11. The summed E-state index contributed by atoms with van der Waals surface area (Å²) < 4.78 is 10.5. The van der Waals surface area contributed by atoms with Crippen LogP contribution in [-0.4, -0.2) is 101 Å². The molecule has 0 rings (SSSR count). The number of guanidine groups is 2. The number of aliphatic imine (C=N–C) groups is 2. The number of aliphatic carboxylic acids is 2. The molecule has 0 aliphatic heterocycles. The molecule has 2 amide bonds. The third-order valence-electron chi connectivity index (χ3n) is 9.83. The van der Waals surface area contributed by atoms with E-state index in [4.69, 9.17) is 48.4 Å². The second-order valence-electron chi connectivity index (χ2n) is 17.1. The van der Waals surface area contributed by atoms with E-state index in [1.807, 2.05) is 0 Å². The third-order valence-corrected chi connectivity index (χ3v) is 9.83. The molecule has 0 aliphatic carbocycles. The number of amides is 2. The highest BCUT2D eigenvalue weighted by molar-refractivity contribution is 5.85. The molecule has 19 nitrogen and oxygen atoms in total. The van der Waals surface area contributed by atoms with Crippen LogP contribution in [0.4, 0.5) is 0 Å². The van der Waals surface area contributed by atoms with Crippen LogP contribution in [0.15, 0.2) is 9.98 Å². The Labute approximate surface area is 396 Å². The van der Waals surface area contributed by atoms with Crippen molar-refractivity contribution in [2.75, 3.05) is 13.1 Å². The van der Waals surface area contributed by atoms with E-state index in [1.54, 1.807) is 27.7 Å². The van der Waals surface area contributed by atoms with Gasteiger partial charge in [0.15, 0.2) is 11.9 Å². The summed E-state index contributed by atoms with van der Waals surface area (Å²) in [5.41, 5.74) is 26.2. The van der Waals surface area contributed by atoms with Crippen LogP contribution in [0, 0.1) is 0 Å². The van der Waals surface area contributed by atoms with E-state index in [0.29, 0.717) is 51.6 Å². The lowest BCUT2D eigenvalue weighted by Gasteiger charge is -2.19. The molecule has 0 bridgehead atoms. The van der Waals surface area contributed by atoms with Gasteiger partial charge in [0.2, 0.25) is 11.8 Å². The van der Waals surface area contributed by atoms with Crippen LogP contribution in [0.2, 0.25) is 0 Å². The van der Waals surface area contributed by atoms with E-state index >= 15 is 0 Å². The van der Waals surface area contributed by atoms with Crippen molar-refractivity contribution in [2.45, 2.75) is 239 Å². The molecule has 66 heavy (non-hydrogen) atoms. The summed E-state index contributed by atoms with van der Waals surface area (Å²) >= 11 is 0. The van der Waals surface area contributed by atoms with E-state index in [0.717, 1.165) is 38.5 Å². The van der Waals surface area contributed by atoms with Gasteiger partial charge in [-0.3, -0.25) is 29.2 Å². The monoisotopic (exact) mass is 944 g/mol. The van der Waals surface area contributed by atoms with Gasteiger partial charge in [-0.2, -0.15) is 0 Å². The van der Waals surface area contributed by atoms with Crippen molar-refractivity contribution in [1.29, 1.82) is 0 Å². The van der Waals surface area contributed by atoms with Crippen molar-refractivity contribution in [3.8, 4) is 0 Å². The number of nitrogens with two attached hydrogens (primary N) is 5. The first-order chi connectivity index (χ1) is 31.3. The van der Waals surface area contributed by atoms with Gasteiger partial charge in [-0.05, 0) is 72.6 Å². The Morgan fingerprint density at radius 2 is 0.803 bits per heavy atom. The van der Waals surface area contributed by atoms with Crippen molar-refractivity contribution >= 4 is 47.6 Å². The molecular weight excluding hydrogens is 851 g/mol. The number of carboxylic acid groups (broad SMARTS) is 2. The highest BCUT2D eigenvalue weighted by Crippen LogP contribution is 2.13. The van der Waals surface area contributed by atoms with Crippen LogP contribution in [-0.2, 0) is 38.2 Å². The summed E-state index contributed by atoms with van der Waals surface area (Å²) in [5, 5.41) is 21.9. The molecule has 0 aliphatic rings. The Balaban J connectivity index is -0.000000997. The van der Waals surface area contributed by atoms with Gasteiger partial charge in [0.05, 0.1) is 12.2 Å². The quantitative estimate of drug-likeness (QED) is 0.0147. The summed E-state index contributed by atoms with van der Waals surface area (Å²) in [6.07, 6.45) is 23.9. The number of esters is 2. The number of nitrogens with zero attached hydrogens (tertiary/aromatic N) is 2. The lowest BCUT2D eigenvalue weighted by atomic mass is 10.1. The number of unbranched alkanes of at least 4 members (excludes halogenated alkanes) is 16. The standard InChI is InChI=1S/2C21H42N4O3.C5H9NO4/c2*1-4-5-6-7-8-9-10-11-12-15-19(26)25-18(20(27)28-17(2)3)14-13-16-24-21(22)23;6-3(5(9)10)1-2-4(7)8/h2*17-18H,4-16H2,1-3H3,(H,25,26)(H4,22,23,24);3H,1-2,6H2,(H,7,8)(H,9,10)/t2*18-;3-/m000/s1. The van der Waals surface area contributed by atoms with E-state index in [1.165, 1.54) is 77.0 Å². The zero-order valence-electron chi connectivity index (χ0n) is 41.6. The molecule has 386 valence electrons. The van der Waals surface area contributed by atoms with Crippen LogP contribution in [0.3, 0.4) is 0 Å². The van der Waals surface area contributed by atoms with Crippen molar-refractivity contribution in [1.82, 2.24) is 10.6 Å². The van der Waals surface area contributed by atoms with Crippen molar-refractivity contribution in [2.24, 2.45) is 38.7 Å². The molecule has 0 aromatic heterocycles. The zero-order valence-corrected chi connectivity index (χ0v) is 41.6. The van der Waals surface area contributed by atoms with Gasteiger partial charge in [0.25, 0.3) is 0 Å². The number of carboxylic acids is 2. The maximum Gasteiger partial charge on any atom is 0.328 e. The number of carbonyl (C=O) groups is 6. The summed E-state index contributed by atoms with van der Waals surface area (Å²) in [7, 11) is 0. The minimum Gasteiger partial charge on any atom is -0.481 e. The lowest BCUT2D eigenvalue weighted by Crippen LogP contribution is -2.42. The van der Waals surface area contributed by atoms with E-state index in [2.05, 4.69) is 34.5 Å². The maximum absolute atomic E-state index is 12.2. The SMILES string of the molecule is CCCCCCCCCCCC(=O)N[C@@H](CCCN=C(N)N)C(=O)OC(C)C.CCCCCCCCCCCC(=O)N[C@@H](CCCN=C(N)N)C(=O)OC(C)C.N[C@@H](CCC(=O)O)C(=O)O.